The molecule has 0 fully saturated rings. The molecule has 0 saturated heterocycles. The van der Waals surface area contributed by atoms with Crippen LogP contribution in [0.2, 0.25) is 0 Å². The highest BCUT2D eigenvalue weighted by atomic mass is 32.2. The van der Waals surface area contributed by atoms with E-state index in [1.165, 1.54) is 6.07 Å². The van der Waals surface area contributed by atoms with Crippen molar-refractivity contribution in [3.05, 3.63) is 71.0 Å². The van der Waals surface area contributed by atoms with Gasteiger partial charge in [0.05, 0.1) is 11.3 Å². The highest BCUT2D eigenvalue weighted by molar-refractivity contribution is 7.89. The number of hydrogen-bond acceptors (Lipinski definition) is 3. The second-order valence-corrected chi connectivity index (χ2v) is 8.73. The molecule has 7 heteroatoms. The Morgan fingerprint density at radius 1 is 1.07 bits per heavy atom. The number of sulfonamides is 1. The third-order valence-corrected chi connectivity index (χ3v) is 5.77. The first-order chi connectivity index (χ1) is 12.7. The van der Waals surface area contributed by atoms with E-state index in [-0.39, 0.29) is 23.2 Å². The zero-order valence-corrected chi connectivity index (χ0v) is 16.5. The van der Waals surface area contributed by atoms with Crippen molar-refractivity contribution in [1.82, 2.24) is 10.3 Å². The molecule has 1 atom stereocenters. The predicted molar refractivity (Wildman–Crippen MR) is 104 cm³/mol. The van der Waals surface area contributed by atoms with Crippen molar-refractivity contribution in [2.45, 2.75) is 27.2 Å². The van der Waals surface area contributed by atoms with Crippen molar-refractivity contribution < 1.29 is 17.6 Å². The van der Waals surface area contributed by atoms with Crippen LogP contribution in [0.5, 0.6) is 0 Å². The normalized spacial score (nSPS) is 12.8. The smallest absolute Gasteiger partial charge is 0.269 e. The van der Waals surface area contributed by atoms with Gasteiger partial charge in [-0.05, 0) is 42.4 Å². The van der Waals surface area contributed by atoms with E-state index in [1.54, 1.807) is 13.0 Å². The number of carbonyl (C=O) groups excluding carboxylic acids is 1. The second-order valence-electron chi connectivity index (χ2n) is 6.96. The van der Waals surface area contributed by atoms with E-state index in [9.17, 15) is 17.6 Å². The van der Waals surface area contributed by atoms with E-state index in [1.807, 2.05) is 44.2 Å². The first kappa shape index (κ1) is 21.1. The lowest BCUT2D eigenvalue weighted by molar-refractivity contribution is 0.0940. The lowest BCUT2D eigenvalue weighted by atomic mass is 9.91. The maximum Gasteiger partial charge on any atom is 0.269 e. The highest BCUT2D eigenvalue weighted by Crippen LogP contribution is 2.19. The molecule has 1 unspecified atom stereocenters. The van der Waals surface area contributed by atoms with E-state index in [2.05, 4.69) is 10.3 Å². The number of rotatable bonds is 8. The maximum absolute atomic E-state index is 13.8. The summed E-state index contributed by atoms with van der Waals surface area (Å²) in [6.07, 6.45) is 0.611. The first-order valence-corrected chi connectivity index (χ1v) is 10.4. The average Bonchev–Trinajstić information content (AvgIpc) is 2.60. The molecule has 0 aromatic heterocycles. The largest absolute Gasteiger partial charge is 0.274 e. The Balaban J connectivity index is 2.03. The summed E-state index contributed by atoms with van der Waals surface area (Å²) in [5.74, 6) is -1.66. The van der Waals surface area contributed by atoms with Crippen LogP contribution in [0.3, 0.4) is 0 Å². The van der Waals surface area contributed by atoms with Gasteiger partial charge in [0.2, 0.25) is 10.0 Å². The molecule has 2 N–H and O–H groups in total. The predicted octanol–water partition coefficient (Wildman–Crippen LogP) is 3.21. The standard InChI is InChI=1S/C20H25FN2O3S/c1-14(2)17(12-16-9-5-4-6-10-16)13-27(25,26)23-22-20(24)19-15(3)8-7-11-18(19)21/h4-11,14,17,23H,12-13H2,1-3H3,(H,22,24). The molecule has 1 amide bonds. The van der Waals surface area contributed by atoms with Crippen molar-refractivity contribution in [1.29, 1.82) is 0 Å². The fraction of sp³-hybridized carbons (Fsp3) is 0.350. The Hall–Kier alpha value is -2.25. The summed E-state index contributed by atoms with van der Waals surface area (Å²) >= 11 is 0. The Morgan fingerprint density at radius 2 is 1.74 bits per heavy atom. The van der Waals surface area contributed by atoms with Crippen molar-refractivity contribution in [3.63, 3.8) is 0 Å². The lowest BCUT2D eigenvalue weighted by Crippen LogP contribution is -2.44. The van der Waals surface area contributed by atoms with Gasteiger partial charge in [0.15, 0.2) is 0 Å². The minimum atomic E-state index is -3.78. The number of hydrazine groups is 1. The molecule has 0 aliphatic heterocycles. The fourth-order valence-corrected chi connectivity index (χ4v) is 4.23. The molecule has 0 aliphatic carbocycles. The number of amides is 1. The van der Waals surface area contributed by atoms with Crippen molar-refractivity contribution >= 4 is 15.9 Å². The van der Waals surface area contributed by atoms with Crippen LogP contribution >= 0.6 is 0 Å². The summed E-state index contributed by atoms with van der Waals surface area (Å²) in [7, 11) is -3.78. The van der Waals surface area contributed by atoms with E-state index >= 15 is 0 Å². The fourth-order valence-electron chi connectivity index (χ4n) is 2.83. The Kier molecular flexibility index (Phi) is 7.10. The molecule has 27 heavy (non-hydrogen) atoms. The molecule has 0 heterocycles. The zero-order valence-electron chi connectivity index (χ0n) is 15.7. The third-order valence-electron chi connectivity index (χ3n) is 4.49. The van der Waals surface area contributed by atoms with Crippen molar-refractivity contribution in [2.24, 2.45) is 11.8 Å². The number of nitrogens with one attached hydrogen (secondary N) is 2. The van der Waals surface area contributed by atoms with Gasteiger partial charge in [-0.1, -0.05) is 56.3 Å². The number of halogens is 1. The third kappa shape index (κ3) is 6.15. The summed E-state index contributed by atoms with van der Waals surface area (Å²) < 4.78 is 38.7. The quantitative estimate of drug-likeness (QED) is 0.678. The van der Waals surface area contributed by atoms with Gasteiger partial charge in [-0.25, -0.2) is 12.8 Å². The molecule has 2 rings (SSSR count). The number of carbonyl (C=O) groups is 1. The van der Waals surface area contributed by atoms with Gasteiger partial charge in [-0.15, -0.1) is 4.83 Å². The Morgan fingerprint density at radius 3 is 2.33 bits per heavy atom. The van der Waals surface area contributed by atoms with Crippen molar-refractivity contribution in [3.8, 4) is 0 Å². The molecule has 0 saturated carbocycles. The van der Waals surface area contributed by atoms with E-state index in [0.29, 0.717) is 12.0 Å². The maximum atomic E-state index is 13.8. The van der Waals surface area contributed by atoms with Gasteiger partial charge in [-0.3, -0.25) is 10.2 Å². The van der Waals surface area contributed by atoms with Gasteiger partial charge in [-0.2, -0.15) is 0 Å². The van der Waals surface area contributed by atoms with Crippen LogP contribution in [-0.2, 0) is 16.4 Å². The molecule has 2 aromatic carbocycles. The average molecular weight is 392 g/mol. The SMILES string of the molecule is Cc1cccc(F)c1C(=O)NNS(=O)(=O)CC(Cc1ccccc1)C(C)C. The van der Waals surface area contributed by atoms with Crippen LogP contribution < -0.4 is 10.3 Å². The zero-order chi connectivity index (χ0) is 20.0. The van der Waals surface area contributed by atoms with E-state index < -0.39 is 21.7 Å². The summed E-state index contributed by atoms with van der Waals surface area (Å²) in [5, 5.41) is 0. The van der Waals surface area contributed by atoms with Crippen LogP contribution in [0, 0.1) is 24.6 Å². The Labute approximate surface area is 160 Å². The van der Waals surface area contributed by atoms with Crippen LogP contribution in [0.1, 0.15) is 35.3 Å². The van der Waals surface area contributed by atoms with Crippen LogP contribution in [0.4, 0.5) is 4.39 Å². The van der Waals surface area contributed by atoms with E-state index in [4.69, 9.17) is 0 Å². The van der Waals surface area contributed by atoms with E-state index in [0.717, 1.165) is 11.6 Å². The lowest BCUT2D eigenvalue weighted by Gasteiger charge is -2.21. The molecular formula is C20H25FN2O3S. The van der Waals surface area contributed by atoms with Crippen LogP contribution in [0.15, 0.2) is 48.5 Å². The Bertz CT molecular complexity index is 863. The molecule has 0 bridgehead atoms. The highest BCUT2D eigenvalue weighted by Gasteiger charge is 2.24. The van der Waals surface area contributed by atoms with Gasteiger partial charge in [0.1, 0.15) is 5.82 Å². The number of hydrogen-bond donors (Lipinski definition) is 2. The molecule has 0 radical (unpaired) electrons. The molecular weight excluding hydrogens is 367 g/mol. The van der Waals surface area contributed by atoms with Gasteiger partial charge in [0.25, 0.3) is 5.91 Å². The van der Waals surface area contributed by atoms with Gasteiger partial charge < -0.3 is 0 Å². The van der Waals surface area contributed by atoms with Gasteiger partial charge in [0, 0.05) is 0 Å². The number of benzene rings is 2. The second kappa shape index (κ2) is 9.10. The van der Waals surface area contributed by atoms with Crippen molar-refractivity contribution in [2.75, 3.05) is 5.75 Å². The molecule has 0 aliphatic rings. The molecule has 0 spiro atoms. The molecule has 2 aromatic rings. The minimum absolute atomic E-state index is 0.128. The summed E-state index contributed by atoms with van der Waals surface area (Å²) in [6.45, 7) is 5.51. The summed E-state index contributed by atoms with van der Waals surface area (Å²) in [5.41, 5.74) is 3.42. The molecule has 5 nitrogen and oxygen atoms in total. The number of aryl methyl sites for hydroxylation is 1. The topological polar surface area (TPSA) is 75.3 Å². The summed E-state index contributed by atoms with van der Waals surface area (Å²) in [4.78, 5) is 14.3. The molecule has 146 valence electrons. The van der Waals surface area contributed by atoms with Crippen LogP contribution in [-0.4, -0.2) is 20.1 Å². The van der Waals surface area contributed by atoms with Gasteiger partial charge >= 0.3 is 0 Å². The van der Waals surface area contributed by atoms with Crippen LogP contribution in [0.25, 0.3) is 0 Å². The summed E-state index contributed by atoms with van der Waals surface area (Å²) in [6, 6.07) is 13.9. The monoisotopic (exact) mass is 392 g/mol. The minimum Gasteiger partial charge on any atom is -0.274 e. The first-order valence-electron chi connectivity index (χ1n) is 8.78.